The highest BCUT2D eigenvalue weighted by atomic mass is 14.9. The summed E-state index contributed by atoms with van der Waals surface area (Å²) in [7, 11) is 0. The van der Waals surface area contributed by atoms with Crippen molar-refractivity contribution in [1.82, 2.24) is 10.3 Å². The van der Waals surface area contributed by atoms with Crippen LogP contribution >= 0.6 is 0 Å². The summed E-state index contributed by atoms with van der Waals surface area (Å²) in [5.41, 5.74) is 1.77. The Hall–Kier alpha value is -0.890. The van der Waals surface area contributed by atoms with Gasteiger partial charge in [-0.3, -0.25) is 4.98 Å². The third kappa shape index (κ3) is 2.86. The minimum Gasteiger partial charge on any atom is -0.309 e. The highest BCUT2D eigenvalue weighted by Crippen LogP contribution is 2.46. The first-order valence-corrected chi connectivity index (χ1v) is 6.89. The van der Waals surface area contributed by atoms with Crippen LogP contribution in [0.3, 0.4) is 0 Å². The molecule has 0 amide bonds. The van der Waals surface area contributed by atoms with Crippen molar-refractivity contribution in [3.05, 3.63) is 30.1 Å². The van der Waals surface area contributed by atoms with Crippen molar-refractivity contribution in [3.8, 4) is 0 Å². The van der Waals surface area contributed by atoms with Crippen molar-refractivity contribution in [1.29, 1.82) is 0 Å². The molecule has 1 unspecified atom stereocenters. The number of hydrogen-bond acceptors (Lipinski definition) is 2. The van der Waals surface area contributed by atoms with E-state index in [4.69, 9.17) is 0 Å². The van der Waals surface area contributed by atoms with Gasteiger partial charge in [0, 0.05) is 18.4 Å². The Bertz CT molecular complexity index is 328. The molecular weight excluding hydrogens is 208 g/mol. The fourth-order valence-corrected chi connectivity index (χ4v) is 3.07. The lowest BCUT2D eigenvalue weighted by atomic mass is 9.77. The topological polar surface area (TPSA) is 24.9 Å². The van der Waals surface area contributed by atoms with Crippen molar-refractivity contribution in [2.24, 2.45) is 5.41 Å². The standard InChI is InChI=1S/C15H24N2/c1-3-10-17-14(13-7-6-11-16-12-13)15(2)8-4-5-9-15/h6-7,11-12,14,17H,3-5,8-10H2,1-2H3. The van der Waals surface area contributed by atoms with Crippen LogP contribution in [-0.4, -0.2) is 11.5 Å². The summed E-state index contributed by atoms with van der Waals surface area (Å²) in [5.74, 6) is 0. The molecule has 1 saturated carbocycles. The Morgan fingerprint density at radius 3 is 2.76 bits per heavy atom. The summed E-state index contributed by atoms with van der Waals surface area (Å²) in [6, 6.07) is 4.73. The van der Waals surface area contributed by atoms with E-state index in [1.165, 1.54) is 37.7 Å². The predicted molar refractivity (Wildman–Crippen MR) is 71.8 cm³/mol. The third-order valence-corrected chi connectivity index (χ3v) is 4.06. The van der Waals surface area contributed by atoms with Crippen LogP contribution in [0.5, 0.6) is 0 Å². The fraction of sp³-hybridized carbons (Fsp3) is 0.667. The molecule has 1 N–H and O–H groups in total. The molecule has 0 spiro atoms. The molecule has 1 aliphatic carbocycles. The minimum atomic E-state index is 0.415. The van der Waals surface area contributed by atoms with Gasteiger partial charge in [-0.15, -0.1) is 0 Å². The van der Waals surface area contributed by atoms with Gasteiger partial charge in [0.15, 0.2) is 0 Å². The Morgan fingerprint density at radius 1 is 1.41 bits per heavy atom. The molecule has 0 aliphatic heterocycles. The molecule has 0 bridgehead atoms. The first-order valence-electron chi connectivity index (χ1n) is 6.89. The van der Waals surface area contributed by atoms with Gasteiger partial charge < -0.3 is 5.32 Å². The van der Waals surface area contributed by atoms with E-state index in [1.807, 2.05) is 18.5 Å². The van der Waals surface area contributed by atoms with Gasteiger partial charge in [0.1, 0.15) is 0 Å². The molecule has 1 fully saturated rings. The van der Waals surface area contributed by atoms with Crippen molar-refractivity contribution < 1.29 is 0 Å². The molecule has 2 rings (SSSR count). The summed E-state index contributed by atoms with van der Waals surface area (Å²) in [6.07, 6.45) is 10.5. The van der Waals surface area contributed by atoms with Crippen LogP contribution in [0.25, 0.3) is 0 Å². The quantitative estimate of drug-likeness (QED) is 0.837. The zero-order valence-electron chi connectivity index (χ0n) is 11.1. The largest absolute Gasteiger partial charge is 0.309 e. The molecular formula is C15H24N2. The molecule has 1 atom stereocenters. The second-order valence-corrected chi connectivity index (χ2v) is 5.53. The Morgan fingerprint density at radius 2 is 2.18 bits per heavy atom. The molecule has 94 valence electrons. The van der Waals surface area contributed by atoms with Crippen LogP contribution < -0.4 is 5.32 Å². The van der Waals surface area contributed by atoms with E-state index in [0.717, 1.165) is 6.54 Å². The van der Waals surface area contributed by atoms with Crippen LogP contribution in [0.15, 0.2) is 24.5 Å². The fourth-order valence-electron chi connectivity index (χ4n) is 3.07. The van der Waals surface area contributed by atoms with Crippen LogP contribution in [0.4, 0.5) is 0 Å². The van der Waals surface area contributed by atoms with Crippen molar-refractivity contribution in [2.45, 2.75) is 52.0 Å². The summed E-state index contributed by atoms with van der Waals surface area (Å²) >= 11 is 0. The average molecular weight is 232 g/mol. The van der Waals surface area contributed by atoms with Crippen molar-refractivity contribution in [3.63, 3.8) is 0 Å². The number of nitrogens with zero attached hydrogens (tertiary/aromatic N) is 1. The van der Waals surface area contributed by atoms with Gasteiger partial charge >= 0.3 is 0 Å². The van der Waals surface area contributed by atoms with Crippen molar-refractivity contribution in [2.75, 3.05) is 6.54 Å². The number of hydrogen-bond donors (Lipinski definition) is 1. The van der Waals surface area contributed by atoms with E-state index < -0.39 is 0 Å². The lowest BCUT2D eigenvalue weighted by Gasteiger charge is -2.35. The molecule has 2 heteroatoms. The van der Waals surface area contributed by atoms with Crippen molar-refractivity contribution >= 4 is 0 Å². The second kappa shape index (κ2) is 5.63. The summed E-state index contributed by atoms with van der Waals surface area (Å²) < 4.78 is 0. The molecule has 1 aliphatic rings. The van der Waals surface area contributed by atoms with E-state index in [-0.39, 0.29) is 0 Å². The van der Waals surface area contributed by atoms with Gasteiger partial charge in [0.05, 0.1) is 0 Å². The second-order valence-electron chi connectivity index (χ2n) is 5.53. The zero-order chi connectivity index (χ0) is 12.1. The zero-order valence-corrected chi connectivity index (χ0v) is 11.1. The maximum absolute atomic E-state index is 4.28. The van der Waals surface area contributed by atoms with Gasteiger partial charge in [0.25, 0.3) is 0 Å². The average Bonchev–Trinajstić information content (AvgIpc) is 2.79. The molecule has 0 aromatic carbocycles. The van der Waals surface area contributed by atoms with Gasteiger partial charge in [-0.2, -0.15) is 0 Å². The molecule has 1 heterocycles. The number of aromatic nitrogens is 1. The number of pyridine rings is 1. The van der Waals surface area contributed by atoms with Crippen LogP contribution in [0.1, 0.15) is 57.6 Å². The lowest BCUT2D eigenvalue weighted by molar-refractivity contribution is 0.223. The van der Waals surface area contributed by atoms with E-state index in [2.05, 4.69) is 30.2 Å². The minimum absolute atomic E-state index is 0.415. The van der Waals surface area contributed by atoms with Crippen LogP contribution in [0.2, 0.25) is 0 Å². The lowest BCUT2D eigenvalue weighted by Crippen LogP contribution is -2.35. The third-order valence-electron chi connectivity index (χ3n) is 4.06. The van der Waals surface area contributed by atoms with Gasteiger partial charge in [0.2, 0.25) is 0 Å². The number of nitrogens with one attached hydrogen (secondary N) is 1. The molecule has 1 aromatic heterocycles. The van der Waals surface area contributed by atoms with Crippen LogP contribution in [-0.2, 0) is 0 Å². The normalized spacial score (nSPS) is 20.4. The summed E-state index contributed by atoms with van der Waals surface area (Å²) in [5, 5.41) is 3.73. The monoisotopic (exact) mass is 232 g/mol. The van der Waals surface area contributed by atoms with Gasteiger partial charge in [-0.05, 0) is 42.9 Å². The maximum Gasteiger partial charge on any atom is 0.0389 e. The summed E-state index contributed by atoms with van der Waals surface area (Å²) in [6.45, 7) is 5.75. The van der Waals surface area contributed by atoms with Gasteiger partial charge in [-0.1, -0.05) is 32.8 Å². The predicted octanol–water partition coefficient (Wildman–Crippen LogP) is 3.70. The molecule has 2 nitrogen and oxygen atoms in total. The highest BCUT2D eigenvalue weighted by Gasteiger charge is 2.37. The SMILES string of the molecule is CCCNC(c1cccnc1)C1(C)CCCC1. The van der Waals surface area contributed by atoms with E-state index in [9.17, 15) is 0 Å². The number of rotatable bonds is 5. The molecule has 0 saturated heterocycles. The molecule has 1 aromatic rings. The Labute approximate surface area is 105 Å². The van der Waals surface area contributed by atoms with Crippen LogP contribution in [0, 0.1) is 5.41 Å². The highest BCUT2D eigenvalue weighted by molar-refractivity contribution is 5.17. The van der Waals surface area contributed by atoms with Gasteiger partial charge in [-0.25, -0.2) is 0 Å². The summed E-state index contributed by atoms with van der Waals surface area (Å²) in [4.78, 5) is 4.28. The van der Waals surface area contributed by atoms with E-state index in [0.29, 0.717) is 11.5 Å². The molecule has 0 radical (unpaired) electrons. The smallest absolute Gasteiger partial charge is 0.0389 e. The van der Waals surface area contributed by atoms with E-state index in [1.54, 1.807) is 0 Å². The Balaban J connectivity index is 2.18. The Kier molecular flexibility index (Phi) is 4.16. The maximum atomic E-state index is 4.28. The first-order chi connectivity index (χ1) is 8.26. The first kappa shape index (κ1) is 12.6. The van der Waals surface area contributed by atoms with E-state index >= 15 is 0 Å². The molecule has 17 heavy (non-hydrogen) atoms.